The van der Waals surface area contributed by atoms with Gasteiger partial charge in [-0.3, -0.25) is 9.59 Å². The number of nitrogens with one attached hydrogen (secondary N) is 2. The predicted octanol–water partition coefficient (Wildman–Crippen LogP) is 3.36. The van der Waals surface area contributed by atoms with Crippen LogP contribution in [0.25, 0.3) is 21.7 Å². The molecular formula is C24H18N6O3S. The molecule has 5 rings (SSSR count). The van der Waals surface area contributed by atoms with Crippen LogP contribution in [0.5, 0.6) is 5.75 Å². The van der Waals surface area contributed by atoms with Crippen molar-refractivity contribution >= 4 is 27.5 Å². The molecule has 0 spiro atoms. The Morgan fingerprint density at radius 1 is 1.09 bits per heavy atom. The van der Waals surface area contributed by atoms with Gasteiger partial charge in [0.05, 0.1) is 17.3 Å². The third kappa shape index (κ3) is 4.26. The Balaban J connectivity index is 1.49. The van der Waals surface area contributed by atoms with Crippen LogP contribution in [0.4, 0.5) is 0 Å². The van der Waals surface area contributed by atoms with Gasteiger partial charge < -0.3 is 15.0 Å². The van der Waals surface area contributed by atoms with Crippen molar-refractivity contribution in [3.8, 4) is 17.3 Å². The summed E-state index contributed by atoms with van der Waals surface area (Å²) in [4.78, 5) is 37.4. The van der Waals surface area contributed by atoms with Crippen molar-refractivity contribution in [2.45, 2.75) is 6.04 Å². The summed E-state index contributed by atoms with van der Waals surface area (Å²) < 4.78 is 6.25. The van der Waals surface area contributed by atoms with Gasteiger partial charge in [0.1, 0.15) is 28.1 Å². The number of fused-ring (bicyclic) bond motifs is 1. The van der Waals surface area contributed by atoms with E-state index in [0.717, 1.165) is 15.8 Å². The largest absolute Gasteiger partial charge is 0.497 e. The quantitative estimate of drug-likeness (QED) is 0.390. The highest BCUT2D eigenvalue weighted by atomic mass is 32.1. The van der Waals surface area contributed by atoms with Gasteiger partial charge in [-0.15, -0.1) is 16.4 Å². The fraction of sp³-hybridized carbons (Fsp3) is 0.0833. The average Bonchev–Trinajstić information content (AvgIpc) is 3.32. The van der Waals surface area contributed by atoms with Gasteiger partial charge in [-0.05, 0) is 42.0 Å². The van der Waals surface area contributed by atoms with E-state index in [1.165, 1.54) is 23.7 Å². The summed E-state index contributed by atoms with van der Waals surface area (Å²) in [6, 6.07) is 17.9. The first-order valence-electron chi connectivity index (χ1n) is 10.3. The molecule has 0 aliphatic heterocycles. The van der Waals surface area contributed by atoms with Crippen LogP contribution < -0.4 is 15.6 Å². The number of thiazole rings is 1. The number of para-hydroxylation sites is 1. The first kappa shape index (κ1) is 21.4. The van der Waals surface area contributed by atoms with Gasteiger partial charge in [0.2, 0.25) is 0 Å². The van der Waals surface area contributed by atoms with Crippen molar-refractivity contribution in [3.05, 3.63) is 99.5 Å². The molecule has 1 atom stereocenters. The minimum atomic E-state index is -0.578. The minimum absolute atomic E-state index is 0.118. The van der Waals surface area contributed by atoms with Gasteiger partial charge in [0, 0.05) is 12.4 Å². The number of carbonyl (C=O) groups is 1. The van der Waals surface area contributed by atoms with Crippen LogP contribution in [-0.4, -0.2) is 38.2 Å². The molecule has 5 aromatic rings. The Morgan fingerprint density at radius 3 is 2.62 bits per heavy atom. The zero-order valence-electron chi connectivity index (χ0n) is 17.9. The number of aromatic nitrogens is 5. The van der Waals surface area contributed by atoms with Crippen molar-refractivity contribution in [2.75, 3.05) is 7.11 Å². The fourth-order valence-corrected chi connectivity index (χ4v) is 4.47. The Morgan fingerprint density at radius 2 is 1.91 bits per heavy atom. The SMILES string of the molecule is COc1ccc(C(NC(=O)c2cnc(-c3cccnn3)[nH]c2=O)c2nc3ccccc3s2)cc1. The molecule has 9 nitrogen and oxygen atoms in total. The van der Waals surface area contributed by atoms with Crippen LogP contribution in [0, 0.1) is 0 Å². The second-order valence-electron chi connectivity index (χ2n) is 7.28. The maximum atomic E-state index is 13.2. The van der Waals surface area contributed by atoms with E-state index in [0.29, 0.717) is 16.5 Å². The normalized spacial score (nSPS) is 11.8. The molecule has 0 bridgehead atoms. The molecule has 2 N–H and O–H groups in total. The predicted molar refractivity (Wildman–Crippen MR) is 128 cm³/mol. The molecule has 0 fully saturated rings. The molecule has 0 aliphatic rings. The summed E-state index contributed by atoms with van der Waals surface area (Å²) in [6.07, 6.45) is 2.76. The number of ether oxygens (including phenoxy) is 1. The number of benzene rings is 2. The first-order chi connectivity index (χ1) is 16.6. The lowest BCUT2D eigenvalue weighted by Crippen LogP contribution is -2.33. The highest BCUT2D eigenvalue weighted by Crippen LogP contribution is 2.31. The molecule has 0 saturated heterocycles. The molecule has 1 unspecified atom stereocenters. The van der Waals surface area contributed by atoms with Crippen molar-refractivity contribution in [3.63, 3.8) is 0 Å². The molecule has 1 amide bonds. The number of hydrogen-bond donors (Lipinski definition) is 2. The number of H-pyrrole nitrogens is 1. The lowest BCUT2D eigenvalue weighted by atomic mass is 10.1. The number of hydrogen-bond acceptors (Lipinski definition) is 8. The number of aromatic amines is 1. The molecule has 3 aromatic heterocycles. The smallest absolute Gasteiger partial charge is 0.264 e. The monoisotopic (exact) mass is 470 g/mol. The van der Waals surface area contributed by atoms with Crippen LogP contribution in [0.1, 0.15) is 27.0 Å². The molecule has 0 radical (unpaired) electrons. The van der Waals surface area contributed by atoms with E-state index in [9.17, 15) is 9.59 Å². The lowest BCUT2D eigenvalue weighted by molar-refractivity contribution is 0.0941. The average molecular weight is 471 g/mol. The van der Waals surface area contributed by atoms with E-state index in [1.54, 1.807) is 19.2 Å². The Hall–Kier alpha value is -4.44. The zero-order valence-corrected chi connectivity index (χ0v) is 18.7. The van der Waals surface area contributed by atoms with Crippen molar-refractivity contribution < 1.29 is 9.53 Å². The molecule has 168 valence electrons. The van der Waals surface area contributed by atoms with E-state index in [2.05, 4.69) is 25.5 Å². The van der Waals surface area contributed by atoms with Gasteiger partial charge in [-0.25, -0.2) is 9.97 Å². The standard InChI is InChI=1S/C24H18N6O3S/c1-33-15-10-8-14(9-11-15)20(24-27-17-5-2-3-7-19(17)34-24)28-22(31)16-13-25-21(29-23(16)32)18-6-4-12-26-30-18/h2-13,20H,1H3,(H,28,31)(H,25,29,32). The highest BCUT2D eigenvalue weighted by molar-refractivity contribution is 7.18. The van der Waals surface area contributed by atoms with Crippen LogP contribution in [0.15, 0.2) is 77.9 Å². The minimum Gasteiger partial charge on any atom is -0.497 e. The van der Waals surface area contributed by atoms with Gasteiger partial charge in [-0.2, -0.15) is 5.10 Å². The summed E-state index contributed by atoms with van der Waals surface area (Å²) in [5, 5.41) is 11.3. The molecule has 34 heavy (non-hydrogen) atoms. The van der Waals surface area contributed by atoms with E-state index in [1.807, 2.05) is 48.5 Å². The summed E-state index contributed by atoms with van der Waals surface area (Å²) >= 11 is 1.48. The molecule has 0 saturated carbocycles. The topological polar surface area (TPSA) is 123 Å². The molecule has 2 aromatic carbocycles. The van der Waals surface area contributed by atoms with Crippen molar-refractivity contribution in [1.29, 1.82) is 0 Å². The number of carbonyl (C=O) groups excluding carboxylic acids is 1. The summed E-state index contributed by atoms with van der Waals surface area (Å²) in [6.45, 7) is 0. The fourth-order valence-electron chi connectivity index (χ4n) is 3.42. The van der Waals surface area contributed by atoms with Crippen LogP contribution in [0.3, 0.4) is 0 Å². The maximum absolute atomic E-state index is 13.2. The third-order valence-electron chi connectivity index (χ3n) is 5.14. The van der Waals surface area contributed by atoms with Crippen molar-refractivity contribution in [2.24, 2.45) is 0 Å². The molecule has 10 heteroatoms. The van der Waals surface area contributed by atoms with Gasteiger partial charge in [-0.1, -0.05) is 24.3 Å². The second-order valence-corrected chi connectivity index (χ2v) is 8.35. The van der Waals surface area contributed by atoms with E-state index in [4.69, 9.17) is 9.72 Å². The van der Waals surface area contributed by atoms with Gasteiger partial charge >= 0.3 is 0 Å². The van der Waals surface area contributed by atoms with E-state index < -0.39 is 17.5 Å². The van der Waals surface area contributed by atoms with Gasteiger partial charge in [0.15, 0.2) is 5.82 Å². The van der Waals surface area contributed by atoms with Gasteiger partial charge in [0.25, 0.3) is 11.5 Å². The van der Waals surface area contributed by atoms with Crippen LogP contribution >= 0.6 is 11.3 Å². The third-order valence-corrected chi connectivity index (χ3v) is 6.24. The van der Waals surface area contributed by atoms with E-state index >= 15 is 0 Å². The lowest BCUT2D eigenvalue weighted by Gasteiger charge is -2.17. The number of amides is 1. The van der Waals surface area contributed by atoms with E-state index in [-0.39, 0.29) is 11.4 Å². The van der Waals surface area contributed by atoms with Crippen LogP contribution in [0.2, 0.25) is 0 Å². The number of rotatable bonds is 6. The molecule has 0 aliphatic carbocycles. The number of nitrogens with zero attached hydrogens (tertiary/aromatic N) is 4. The van der Waals surface area contributed by atoms with Crippen molar-refractivity contribution in [1.82, 2.24) is 30.5 Å². The number of methoxy groups -OCH3 is 1. The molecule has 3 heterocycles. The Kier molecular flexibility index (Phi) is 5.79. The second kappa shape index (κ2) is 9.20. The Labute approximate surface area is 197 Å². The molecular weight excluding hydrogens is 452 g/mol. The zero-order chi connectivity index (χ0) is 23.5. The highest BCUT2D eigenvalue weighted by Gasteiger charge is 2.23. The first-order valence-corrected chi connectivity index (χ1v) is 11.1. The Bertz CT molecular complexity index is 1480. The summed E-state index contributed by atoms with van der Waals surface area (Å²) in [5.41, 5.74) is 1.34. The summed E-state index contributed by atoms with van der Waals surface area (Å²) in [7, 11) is 1.59. The van der Waals surface area contributed by atoms with Crippen LogP contribution in [-0.2, 0) is 0 Å². The summed E-state index contributed by atoms with van der Waals surface area (Å²) in [5.74, 6) is 0.352. The maximum Gasteiger partial charge on any atom is 0.264 e.